The predicted molar refractivity (Wildman–Crippen MR) is 60.2 cm³/mol. The van der Waals surface area contributed by atoms with E-state index in [1.807, 2.05) is 0 Å². The van der Waals surface area contributed by atoms with E-state index >= 15 is 0 Å². The number of imide groups is 1. The van der Waals surface area contributed by atoms with Gasteiger partial charge in [0.1, 0.15) is 0 Å². The molecular formula is C10H18BrNO2. The predicted octanol–water partition coefficient (Wildman–Crippen LogP) is 2.24. The molecule has 4 heteroatoms. The molecule has 0 rings (SSSR count). The summed E-state index contributed by atoms with van der Waals surface area (Å²) in [6.45, 7) is 5.36. The first-order valence-corrected chi connectivity index (χ1v) is 5.90. The topological polar surface area (TPSA) is 46.2 Å². The Balaban J connectivity index is 3.78. The molecule has 0 saturated carbocycles. The summed E-state index contributed by atoms with van der Waals surface area (Å²) in [5.74, 6) is -0.382. The van der Waals surface area contributed by atoms with Gasteiger partial charge in [0.05, 0.1) is 0 Å². The van der Waals surface area contributed by atoms with E-state index in [-0.39, 0.29) is 11.8 Å². The Labute approximate surface area is 93.8 Å². The molecule has 0 aliphatic rings. The van der Waals surface area contributed by atoms with Gasteiger partial charge in [-0.25, -0.2) is 0 Å². The number of halogens is 1. The molecule has 0 aliphatic carbocycles. The van der Waals surface area contributed by atoms with E-state index in [2.05, 4.69) is 21.2 Å². The lowest BCUT2D eigenvalue weighted by atomic mass is 9.95. The molecule has 3 nitrogen and oxygen atoms in total. The first-order chi connectivity index (χ1) is 6.38. The van der Waals surface area contributed by atoms with Crippen molar-refractivity contribution < 1.29 is 9.59 Å². The van der Waals surface area contributed by atoms with Gasteiger partial charge in [0.25, 0.3) is 0 Å². The Kier molecular flexibility index (Phi) is 6.00. The number of amides is 2. The van der Waals surface area contributed by atoms with Crippen LogP contribution in [0.5, 0.6) is 0 Å². The van der Waals surface area contributed by atoms with E-state index < -0.39 is 5.41 Å². The maximum absolute atomic E-state index is 11.4. The van der Waals surface area contributed by atoms with Gasteiger partial charge in [0, 0.05) is 17.2 Å². The quantitative estimate of drug-likeness (QED) is 0.625. The zero-order chi connectivity index (χ0) is 11.2. The van der Waals surface area contributed by atoms with Crippen molar-refractivity contribution in [1.82, 2.24) is 5.32 Å². The normalized spacial score (nSPS) is 11.1. The Morgan fingerprint density at radius 1 is 1.21 bits per heavy atom. The summed E-state index contributed by atoms with van der Waals surface area (Å²) in [5, 5.41) is 3.28. The second-order valence-electron chi connectivity index (χ2n) is 4.27. The lowest BCUT2D eigenvalue weighted by molar-refractivity contribution is -0.135. The number of carbonyl (C=O) groups excluding carboxylic acids is 2. The van der Waals surface area contributed by atoms with Crippen molar-refractivity contribution in [1.29, 1.82) is 0 Å². The number of unbranched alkanes of at least 4 members (excludes halogenated alkanes) is 1. The molecule has 2 amide bonds. The van der Waals surface area contributed by atoms with Crippen LogP contribution in [0, 0.1) is 5.41 Å². The number of carbonyl (C=O) groups is 2. The zero-order valence-electron chi connectivity index (χ0n) is 9.02. The van der Waals surface area contributed by atoms with Crippen molar-refractivity contribution in [2.45, 2.75) is 40.0 Å². The minimum Gasteiger partial charge on any atom is -0.296 e. The Morgan fingerprint density at radius 2 is 1.79 bits per heavy atom. The van der Waals surface area contributed by atoms with Crippen LogP contribution in [0.2, 0.25) is 0 Å². The van der Waals surface area contributed by atoms with E-state index in [0.29, 0.717) is 6.42 Å². The van der Waals surface area contributed by atoms with Crippen LogP contribution < -0.4 is 5.32 Å². The third kappa shape index (κ3) is 6.13. The number of alkyl halides is 1. The fourth-order valence-corrected chi connectivity index (χ4v) is 1.15. The summed E-state index contributed by atoms with van der Waals surface area (Å²) < 4.78 is 0. The lowest BCUT2D eigenvalue weighted by Gasteiger charge is -2.16. The van der Waals surface area contributed by atoms with Gasteiger partial charge >= 0.3 is 0 Å². The van der Waals surface area contributed by atoms with Gasteiger partial charge in [-0.1, -0.05) is 36.7 Å². The van der Waals surface area contributed by atoms with Crippen molar-refractivity contribution in [2.24, 2.45) is 5.41 Å². The van der Waals surface area contributed by atoms with Crippen LogP contribution >= 0.6 is 15.9 Å². The standard InChI is InChI=1S/C10H18BrNO2/c1-10(2,3)9(14)12-8(13)6-4-5-7-11/h4-7H2,1-3H3,(H,12,13,14). The van der Waals surface area contributed by atoms with E-state index in [9.17, 15) is 9.59 Å². The highest BCUT2D eigenvalue weighted by Gasteiger charge is 2.22. The largest absolute Gasteiger partial charge is 0.296 e. The maximum atomic E-state index is 11.4. The highest BCUT2D eigenvalue weighted by Crippen LogP contribution is 2.12. The molecule has 0 bridgehead atoms. The average Bonchev–Trinajstić information content (AvgIpc) is 2.03. The average molecular weight is 264 g/mol. The molecule has 0 unspecified atom stereocenters. The molecule has 0 heterocycles. The van der Waals surface area contributed by atoms with Crippen LogP contribution in [-0.2, 0) is 9.59 Å². The van der Waals surface area contributed by atoms with Gasteiger partial charge in [0.15, 0.2) is 0 Å². The van der Waals surface area contributed by atoms with Gasteiger partial charge in [-0.15, -0.1) is 0 Å². The minimum atomic E-state index is -0.495. The summed E-state index contributed by atoms with van der Waals surface area (Å²) in [4.78, 5) is 22.6. The van der Waals surface area contributed by atoms with Crippen LogP contribution in [-0.4, -0.2) is 17.1 Å². The number of rotatable bonds is 4. The third-order valence-electron chi connectivity index (χ3n) is 1.72. The number of hydrogen-bond acceptors (Lipinski definition) is 2. The first-order valence-electron chi connectivity index (χ1n) is 4.78. The second kappa shape index (κ2) is 6.17. The monoisotopic (exact) mass is 263 g/mol. The SMILES string of the molecule is CC(C)(C)C(=O)NC(=O)CCCCBr. The van der Waals surface area contributed by atoms with Crippen LogP contribution in [0.3, 0.4) is 0 Å². The fourth-order valence-electron chi connectivity index (χ4n) is 0.757. The summed E-state index contributed by atoms with van der Waals surface area (Å²) in [6, 6.07) is 0. The lowest BCUT2D eigenvalue weighted by Crippen LogP contribution is -2.38. The van der Waals surface area contributed by atoms with Gasteiger partial charge in [-0.3, -0.25) is 14.9 Å². The maximum Gasteiger partial charge on any atom is 0.231 e. The van der Waals surface area contributed by atoms with Crippen molar-refractivity contribution >= 4 is 27.7 Å². The van der Waals surface area contributed by atoms with Gasteiger partial charge in [-0.05, 0) is 12.8 Å². The zero-order valence-corrected chi connectivity index (χ0v) is 10.6. The van der Waals surface area contributed by atoms with Crippen LogP contribution in [0.4, 0.5) is 0 Å². The Hall–Kier alpha value is -0.380. The van der Waals surface area contributed by atoms with Crippen LogP contribution in [0.15, 0.2) is 0 Å². The Bertz CT molecular complexity index is 209. The van der Waals surface area contributed by atoms with Crippen LogP contribution in [0.1, 0.15) is 40.0 Å². The third-order valence-corrected chi connectivity index (χ3v) is 2.28. The molecule has 0 spiro atoms. The molecule has 82 valence electrons. The van der Waals surface area contributed by atoms with Crippen molar-refractivity contribution in [3.8, 4) is 0 Å². The fraction of sp³-hybridized carbons (Fsp3) is 0.800. The van der Waals surface area contributed by atoms with E-state index in [1.54, 1.807) is 20.8 Å². The van der Waals surface area contributed by atoms with Gasteiger partial charge in [-0.2, -0.15) is 0 Å². The molecule has 0 aromatic heterocycles. The smallest absolute Gasteiger partial charge is 0.231 e. The first kappa shape index (κ1) is 13.6. The second-order valence-corrected chi connectivity index (χ2v) is 5.07. The molecule has 0 saturated heterocycles. The highest BCUT2D eigenvalue weighted by atomic mass is 79.9. The molecule has 0 fully saturated rings. The molecule has 0 aromatic carbocycles. The molecular weight excluding hydrogens is 246 g/mol. The van der Waals surface area contributed by atoms with Crippen molar-refractivity contribution in [3.63, 3.8) is 0 Å². The summed E-state index contributed by atoms with van der Waals surface area (Å²) in [7, 11) is 0. The summed E-state index contributed by atoms with van der Waals surface area (Å²) in [6.07, 6.45) is 2.19. The molecule has 0 aliphatic heterocycles. The summed E-state index contributed by atoms with van der Waals surface area (Å²) >= 11 is 3.28. The highest BCUT2D eigenvalue weighted by molar-refractivity contribution is 9.09. The minimum absolute atomic E-state index is 0.175. The van der Waals surface area contributed by atoms with E-state index in [0.717, 1.165) is 18.2 Å². The molecule has 0 aromatic rings. The van der Waals surface area contributed by atoms with Gasteiger partial charge < -0.3 is 0 Å². The molecule has 0 atom stereocenters. The summed E-state index contributed by atoms with van der Waals surface area (Å²) in [5.41, 5.74) is -0.495. The van der Waals surface area contributed by atoms with Gasteiger partial charge in [0.2, 0.25) is 11.8 Å². The molecule has 0 radical (unpaired) electrons. The number of hydrogen-bond donors (Lipinski definition) is 1. The van der Waals surface area contributed by atoms with Crippen molar-refractivity contribution in [3.05, 3.63) is 0 Å². The Morgan fingerprint density at radius 3 is 2.21 bits per heavy atom. The van der Waals surface area contributed by atoms with Crippen LogP contribution in [0.25, 0.3) is 0 Å². The molecule has 1 N–H and O–H groups in total. The molecule has 14 heavy (non-hydrogen) atoms. The van der Waals surface area contributed by atoms with Crippen molar-refractivity contribution in [2.75, 3.05) is 5.33 Å². The van der Waals surface area contributed by atoms with E-state index in [4.69, 9.17) is 0 Å². The number of nitrogens with one attached hydrogen (secondary N) is 1. The van der Waals surface area contributed by atoms with E-state index in [1.165, 1.54) is 0 Å².